The van der Waals surface area contributed by atoms with Gasteiger partial charge in [-0.2, -0.15) is 0 Å². The molecule has 1 amide bonds. The van der Waals surface area contributed by atoms with Crippen LogP contribution < -0.4 is 15.4 Å². The van der Waals surface area contributed by atoms with Gasteiger partial charge in [-0.25, -0.2) is 0 Å². The zero-order valence-corrected chi connectivity index (χ0v) is 16.7. The van der Waals surface area contributed by atoms with Crippen LogP contribution in [-0.2, 0) is 0 Å². The van der Waals surface area contributed by atoms with Crippen LogP contribution in [0.25, 0.3) is 0 Å². The number of aliphatic hydroxyl groups is 1. The molecule has 1 aromatic carbocycles. The molecular formula is C17H25BrN2O3S. The van der Waals surface area contributed by atoms with Gasteiger partial charge >= 0.3 is 0 Å². The van der Waals surface area contributed by atoms with Crippen LogP contribution in [-0.4, -0.2) is 35.4 Å². The summed E-state index contributed by atoms with van der Waals surface area (Å²) in [6.07, 6.45) is 1.68. The SMILES string of the molecule is CCC(CO)NC(=S)NC(=O)c1ccc(OCCC(C)C)c(Br)c1. The molecule has 0 aromatic heterocycles. The highest BCUT2D eigenvalue weighted by Gasteiger charge is 2.13. The van der Waals surface area contributed by atoms with E-state index in [1.807, 2.05) is 6.92 Å². The van der Waals surface area contributed by atoms with E-state index in [1.54, 1.807) is 18.2 Å². The second-order valence-electron chi connectivity index (χ2n) is 5.89. The molecule has 134 valence electrons. The van der Waals surface area contributed by atoms with Gasteiger partial charge in [0.05, 0.1) is 23.7 Å². The normalized spacial score (nSPS) is 11.9. The number of hydrogen-bond acceptors (Lipinski definition) is 4. The average Bonchev–Trinajstić information content (AvgIpc) is 2.53. The minimum atomic E-state index is -0.310. The van der Waals surface area contributed by atoms with E-state index in [-0.39, 0.29) is 23.7 Å². The fourth-order valence-electron chi connectivity index (χ4n) is 1.84. The number of thiocarbonyl (C=S) groups is 1. The Kier molecular flexibility index (Phi) is 9.25. The predicted octanol–water partition coefficient (Wildman–Crippen LogP) is 3.25. The first-order valence-electron chi connectivity index (χ1n) is 8.02. The van der Waals surface area contributed by atoms with Crippen molar-refractivity contribution in [3.8, 4) is 5.75 Å². The van der Waals surface area contributed by atoms with Gasteiger partial charge in [-0.05, 0) is 65.1 Å². The molecule has 1 unspecified atom stereocenters. The van der Waals surface area contributed by atoms with Gasteiger partial charge in [-0.15, -0.1) is 0 Å². The standard InChI is InChI=1S/C17H25BrN2O3S/c1-4-13(10-21)19-17(24)20-16(22)12-5-6-15(14(18)9-12)23-8-7-11(2)3/h5-6,9,11,13,21H,4,7-8,10H2,1-3H3,(H2,19,20,22,24). The van der Waals surface area contributed by atoms with E-state index < -0.39 is 0 Å². The van der Waals surface area contributed by atoms with Gasteiger partial charge in [0.25, 0.3) is 5.91 Å². The molecule has 0 spiro atoms. The van der Waals surface area contributed by atoms with E-state index in [0.29, 0.717) is 30.3 Å². The quantitative estimate of drug-likeness (QED) is 0.567. The van der Waals surface area contributed by atoms with E-state index in [2.05, 4.69) is 40.4 Å². The highest BCUT2D eigenvalue weighted by molar-refractivity contribution is 9.10. The molecule has 0 aliphatic heterocycles. The third-order valence-corrected chi connectivity index (χ3v) is 4.26. The van der Waals surface area contributed by atoms with Crippen molar-refractivity contribution in [2.24, 2.45) is 5.92 Å². The lowest BCUT2D eigenvalue weighted by molar-refractivity contribution is 0.0976. The number of aliphatic hydroxyl groups excluding tert-OH is 1. The molecule has 7 heteroatoms. The van der Waals surface area contributed by atoms with E-state index in [9.17, 15) is 4.79 Å². The molecule has 0 radical (unpaired) electrons. The second kappa shape index (κ2) is 10.6. The van der Waals surface area contributed by atoms with Gasteiger partial charge in [0, 0.05) is 5.56 Å². The number of halogens is 1. The minimum Gasteiger partial charge on any atom is -0.492 e. The Balaban J connectivity index is 2.62. The highest BCUT2D eigenvalue weighted by Crippen LogP contribution is 2.26. The Morgan fingerprint density at radius 2 is 2.12 bits per heavy atom. The number of ether oxygens (including phenoxy) is 1. The summed E-state index contributed by atoms with van der Waals surface area (Å²) in [5, 5.41) is 14.8. The van der Waals surface area contributed by atoms with E-state index >= 15 is 0 Å². The van der Waals surface area contributed by atoms with Crippen molar-refractivity contribution >= 4 is 39.2 Å². The monoisotopic (exact) mass is 416 g/mol. The van der Waals surface area contributed by atoms with Crippen LogP contribution >= 0.6 is 28.1 Å². The lowest BCUT2D eigenvalue weighted by Gasteiger charge is -2.16. The molecule has 24 heavy (non-hydrogen) atoms. The van der Waals surface area contributed by atoms with E-state index in [4.69, 9.17) is 22.1 Å². The maximum atomic E-state index is 12.2. The smallest absolute Gasteiger partial charge is 0.257 e. The Labute approximate surface area is 157 Å². The van der Waals surface area contributed by atoms with E-state index in [0.717, 1.165) is 10.9 Å². The molecule has 1 atom stereocenters. The molecule has 0 saturated heterocycles. The van der Waals surface area contributed by atoms with Crippen LogP contribution in [0.2, 0.25) is 0 Å². The Hall–Kier alpha value is -1.18. The van der Waals surface area contributed by atoms with E-state index in [1.165, 1.54) is 0 Å². The number of amides is 1. The average molecular weight is 417 g/mol. The van der Waals surface area contributed by atoms with Crippen molar-refractivity contribution in [3.63, 3.8) is 0 Å². The predicted molar refractivity (Wildman–Crippen MR) is 103 cm³/mol. The van der Waals surface area contributed by atoms with Crippen LogP contribution in [0.5, 0.6) is 5.75 Å². The van der Waals surface area contributed by atoms with Crippen LogP contribution in [0, 0.1) is 5.92 Å². The topological polar surface area (TPSA) is 70.6 Å². The fraction of sp³-hybridized carbons (Fsp3) is 0.529. The van der Waals surface area contributed by atoms with Crippen molar-refractivity contribution in [1.82, 2.24) is 10.6 Å². The molecular weight excluding hydrogens is 392 g/mol. The Morgan fingerprint density at radius 1 is 1.42 bits per heavy atom. The van der Waals surface area contributed by atoms with Crippen molar-refractivity contribution in [2.75, 3.05) is 13.2 Å². The lowest BCUT2D eigenvalue weighted by atomic mass is 10.1. The summed E-state index contributed by atoms with van der Waals surface area (Å²) in [7, 11) is 0. The summed E-state index contributed by atoms with van der Waals surface area (Å²) in [4.78, 5) is 12.2. The molecule has 0 bridgehead atoms. The number of carbonyl (C=O) groups is 1. The van der Waals surface area contributed by atoms with Crippen molar-refractivity contribution in [1.29, 1.82) is 0 Å². The molecule has 1 aromatic rings. The maximum Gasteiger partial charge on any atom is 0.257 e. The van der Waals surface area contributed by atoms with Gasteiger partial charge in [-0.1, -0.05) is 20.8 Å². The molecule has 5 nitrogen and oxygen atoms in total. The van der Waals surface area contributed by atoms with Crippen molar-refractivity contribution in [2.45, 2.75) is 39.7 Å². The molecule has 0 fully saturated rings. The minimum absolute atomic E-state index is 0.0412. The van der Waals surface area contributed by atoms with Crippen molar-refractivity contribution in [3.05, 3.63) is 28.2 Å². The summed E-state index contributed by atoms with van der Waals surface area (Å²) >= 11 is 8.51. The first kappa shape index (κ1) is 20.9. The highest BCUT2D eigenvalue weighted by atomic mass is 79.9. The fourth-order valence-corrected chi connectivity index (χ4v) is 2.59. The number of hydrogen-bond donors (Lipinski definition) is 3. The molecule has 0 aliphatic rings. The molecule has 0 aliphatic carbocycles. The Morgan fingerprint density at radius 3 is 2.67 bits per heavy atom. The van der Waals surface area contributed by atoms with Crippen LogP contribution in [0.3, 0.4) is 0 Å². The zero-order valence-electron chi connectivity index (χ0n) is 14.3. The summed E-state index contributed by atoms with van der Waals surface area (Å²) in [5.41, 5.74) is 0.472. The molecule has 0 heterocycles. The third-order valence-electron chi connectivity index (χ3n) is 3.42. The zero-order chi connectivity index (χ0) is 18.1. The number of rotatable bonds is 8. The molecule has 3 N–H and O–H groups in total. The number of nitrogens with one attached hydrogen (secondary N) is 2. The second-order valence-corrected chi connectivity index (χ2v) is 7.15. The maximum absolute atomic E-state index is 12.2. The Bertz CT molecular complexity index is 563. The largest absolute Gasteiger partial charge is 0.492 e. The van der Waals surface area contributed by atoms with Gasteiger partial charge in [0.2, 0.25) is 0 Å². The van der Waals surface area contributed by atoms with Crippen LogP contribution in [0.1, 0.15) is 44.0 Å². The van der Waals surface area contributed by atoms with Gasteiger partial charge in [0.1, 0.15) is 5.75 Å². The third kappa shape index (κ3) is 7.15. The lowest BCUT2D eigenvalue weighted by Crippen LogP contribution is -2.45. The summed E-state index contributed by atoms with van der Waals surface area (Å²) < 4.78 is 6.42. The first-order valence-corrected chi connectivity index (χ1v) is 9.22. The number of benzene rings is 1. The van der Waals surface area contributed by atoms with Crippen molar-refractivity contribution < 1.29 is 14.6 Å². The van der Waals surface area contributed by atoms with Crippen LogP contribution in [0.15, 0.2) is 22.7 Å². The molecule has 0 saturated carbocycles. The van der Waals surface area contributed by atoms with Crippen LogP contribution in [0.4, 0.5) is 0 Å². The van der Waals surface area contributed by atoms with Gasteiger partial charge in [-0.3, -0.25) is 10.1 Å². The number of carbonyl (C=O) groups excluding carboxylic acids is 1. The first-order chi connectivity index (χ1) is 11.4. The summed E-state index contributed by atoms with van der Waals surface area (Å²) in [6.45, 7) is 6.80. The van der Waals surface area contributed by atoms with Gasteiger partial charge < -0.3 is 15.2 Å². The summed E-state index contributed by atoms with van der Waals surface area (Å²) in [5.74, 6) is 0.974. The van der Waals surface area contributed by atoms with Gasteiger partial charge in [0.15, 0.2) is 5.11 Å². The summed E-state index contributed by atoms with van der Waals surface area (Å²) in [6, 6.07) is 4.99. The molecule has 1 rings (SSSR count).